The predicted molar refractivity (Wildman–Crippen MR) is 58.7 cm³/mol. The number of carbonyl (C=O) groups is 2. The molecule has 0 heterocycles. The molecule has 0 saturated heterocycles. The van der Waals surface area contributed by atoms with Crippen LogP contribution < -0.4 is 11.1 Å². The molecular weight excluding hydrogens is 212 g/mol. The Balaban J connectivity index is 4.46. The normalized spacial score (nSPS) is 15.3. The highest BCUT2D eigenvalue weighted by Gasteiger charge is 2.30. The van der Waals surface area contributed by atoms with Gasteiger partial charge in [0.2, 0.25) is 5.91 Å². The highest BCUT2D eigenvalue weighted by atomic mass is 16.4. The molecule has 0 spiro atoms. The van der Waals surface area contributed by atoms with Crippen LogP contribution in [0.4, 0.5) is 0 Å². The number of aliphatic carboxylic acids is 1. The summed E-state index contributed by atoms with van der Waals surface area (Å²) < 4.78 is 0. The lowest BCUT2D eigenvalue weighted by atomic mass is 9.87. The van der Waals surface area contributed by atoms with Crippen LogP contribution in [0.1, 0.15) is 27.2 Å². The smallest absolute Gasteiger partial charge is 0.326 e. The Kier molecular flexibility index (Phi) is 5.40. The van der Waals surface area contributed by atoms with Crippen LogP contribution in [0.2, 0.25) is 0 Å². The van der Waals surface area contributed by atoms with Crippen molar-refractivity contribution in [1.29, 1.82) is 0 Å². The van der Waals surface area contributed by atoms with Crippen LogP contribution in [0, 0.1) is 5.41 Å². The third-order valence-corrected chi connectivity index (χ3v) is 2.25. The van der Waals surface area contributed by atoms with E-state index in [1.165, 1.54) is 0 Å². The molecule has 0 aromatic carbocycles. The molecule has 5 N–H and O–H groups in total. The fourth-order valence-corrected chi connectivity index (χ4v) is 1.04. The molecule has 16 heavy (non-hydrogen) atoms. The second-order valence-corrected chi connectivity index (χ2v) is 4.76. The van der Waals surface area contributed by atoms with Crippen LogP contribution >= 0.6 is 0 Å². The van der Waals surface area contributed by atoms with Gasteiger partial charge in [-0.25, -0.2) is 4.79 Å². The minimum atomic E-state index is -1.18. The van der Waals surface area contributed by atoms with Gasteiger partial charge in [-0.1, -0.05) is 20.8 Å². The van der Waals surface area contributed by atoms with Crippen LogP contribution in [0.3, 0.4) is 0 Å². The van der Waals surface area contributed by atoms with E-state index in [-0.39, 0.29) is 13.0 Å². The van der Waals surface area contributed by atoms with Gasteiger partial charge in [-0.05, 0) is 5.41 Å². The molecular formula is C10H20N2O4. The van der Waals surface area contributed by atoms with E-state index in [2.05, 4.69) is 5.32 Å². The Labute approximate surface area is 94.8 Å². The molecule has 0 aromatic heterocycles. The zero-order valence-corrected chi connectivity index (χ0v) is 9.86. The van der Waals surface area contributed by atoms with Gasteiger partial charge >= 0.3 is 5.97 Å². The summed E-state index contributed by atoms with van der Waals surface area (Å²) in [6.45, 7) is 5.07. The summed E-state index contributed by atoms with van der Waals surface area (Å²) in [6, 6.07) is -1.88. The van der Waals surface area contributed by atoms with Crippen molar-refractivity contribution < 1.29 is 19.8 Å². The Hall–Kier alpha value is -1.14. The third-order valence-electron chi connectivity index (χ3n) is 2.25. The molecule has 6 nitrogen and oxygen atoms in total. The van der Waals surface area contributed by atoms with Gasteiger partial charge in [0.15, 0.2) is 0 Å². The quantitative estimate of drug-likeness (QED) is 0.501. The third kappa shape index (κ3) is 4.59. The largest absolute Gasteiger partial charge is 0.480 e. The van der Waals surface area contributed by atoms with E-state index in [0.29, 0.717) is 0 Å². The molecule has 0 aromatic rings. The highest BCUT2D eigenvalue weighted by Crippen LogP contribution is 2.17. The molecule has 0 radical (unpaired) electrons. The molecule has 0 rings (SSSR count). The molecule has 0 saturated carbocycles. The minimum Gasteiger partial charge on any atom is -0.480 e. The Bertz CT molecular complexity index is 260. The molecule has 0 aliphatic heterocycles. The number of aliphatic hydroxyl groups excluding tert-OH is 1. The van der Waals surface area contributed by atoms with Crippen LogP contribution in [0.15, 0.2) is 0 Å². The molecule has 0 aliphatic rings. The van der Waals surface area contributed by atoms with Crippen LogP contribution in [0.25, 0.3) is 0 Å². The fourth-order valence-electron chi connectivity index (χ4n) is 1.04. The maximum Gasteiger partial charge on any atom is 0.326 e. The Morgan fingerprint density at radius 1 is 1.38 bits per heavy atom. The maximum atomic E-state index is 11.6. The number of carbonyl (C=O) groups excluding carboxylic acids is 1. The van der Waals surface area contributed by atoms with Crippen LogP contribution in [-0.4, -0.2) is 40.8 Å². The zero-order valence-electron chi connectivity index (χ0n) is 9.86. The average molecular weight is 232 g/mol. The van der Waals surface area contributed by atoms with Gasteiger partial charge < -0.3 is 21.3 Å². The van der Waals surface area contributed by atoms with E-state index in [1.54, 1.807) is 20.8 Å². The van der Waals surface area contributed by atoms with Crippen molar-refractivity contribution in [3.8, 4) is 0 Å². The van der Waals surface area contributed by atoms with Crippen molar-refractivity contribution in [2.75, 3.05) is 6.61 Å². The number of carboxylic acids is 1. The van der Waals surface area contributed by atoms with Gasteiger partial charge in [-0.15, -0.1) is 0 Å². The van der Waals surface area contributed by atoms with Gasteiger partial charge in [0.1, 0.15) is 6.04 Å². The van der Waals surface area contributed by atoms with E-state index < -0.39 is 29.4 Å². The summed E-state index contributed by atoms with van der Waals surface area (Å²) in [5, 5.41) is 19.7. The summed E-state index contributed by atoms with van der Waals surface area (Å²) in [5.74, 6) is -1.70. The summed E-state index contributed by atoms with van der Waals surface area (Å²) in [4.78, 5) is 22.3. The van der Waals surface area contributed by atoms with Gasteiger partial charge in [-0.2, -0.15) is 0 Å². The summed E-state index contributed by atoms with van der Waals surface area (Å²) >= 11 is 0. The number of nitrogens with one attached hydrogen (secondary N) is 1. The Morgan fingerprint density at radius 2 is 1.88 bits per heavy atom. The van der Waals surface area contributed by atoms with E-state index in [9.17, 15) is 9.59 Å². The first-order valence-electron chi connectivity index (χ1n) is 5.09. The number of aliphatic hydroxyl groups is 1. The molecule has 0 bridgehead atoms. The lowest BCUT2D eigenvalue weighted by Gasteiger charge is -2.27. The first-order chi connectivity index (χ1) is 7.20. The first kappa shape index (κ1) is 14.9. The van der Waals surface area contributed by atoms with Gasteiger partial charge in [0.25, 0.3) is 0 Å². The van der Waals surface area contributed by atoms with E-state index in [1.807, 2.05) is 0 Å². The number of amides is 1. The van der Waals surface area contributed by atoms with Gasteiger partial charge in [0.05, 0.1) is 6.04 Å². The monoisotopic (exact) mass is 232 g/mol. The van der Waals surface area contributed by atoms with E-state index in [4.69, 9.17) is 15.9 Å². The summed E-state index contributed by atoms with van der Waals surface area (Å²) in [7, 11) is 0. The summed E-state index contributed by atoms with van der Waals surface area (Å²) in [6.07, 6.45) is -0.0298. The second kappa shape index (κ2) is 5.81. The van der Waals surface area contributed by atoms with Gasteiger partial charge in [-0.3, -0.25) is 4.79 Å². The molecule has 0 aliphatic carbocycles. The number of hydrogen-bond donors (Lipinski definition) is 4. The average Bonchev–Trinajstić information content (AvgIpc) is 2.14. The van der Waals surface area contributed by atoms with Crippen LogP contribution in [0.5, 0.6) is 0 Å². The molecule has 2 atom stereocenters. The topological polar surface area (TPSA) is 113 Å². The molecule has 2 unspecified atom stereocenters. The number of hydrogen-bond acceptors (Lipinski definition) is 4. The maximum absolute atomic E-state index is 11.6. The van der Waals surface area contributed by atoms with Crippen molar-refractivity contribution in [3.63, 3.8) is 0 Å². The number of rotatable bonds is 5. The van der Waals surface area contributed by atoms with Crippen LogP contribution in [-0.2, 0) is 9.59 Å². The van der Waals surface area contributed by atoms with Crippen molar-refractivity contribution in [2.24, 2.45) is 11.1 Å². The van der Waals surface area contributed by atoms with E-state index in [0.717, 1.165) is 0 Å². The molecule has 0 fully saturated rings. The molecule has 94 valence electrons. The predicted octanol–water partition coefficient (Wildman–Crippen LogP) is -0.688. The molecule has 1 amide bonds. The van der Waals surface area contributed by atoms with E-state index >= 15 is 0 Å². The number of nitrogens with two attached hydrogens (primary N) is 1. The standard InChI is InChI=1S/C10H20N2O4/c1-10(2,3)7(11)8(14)12-6(4-5-13)9(15)16/h6-7,13H,4-5,11H2,1-3H3,(H,12,14)(H,15,16). The fraction of sp³-hybridized carbons (Fsp3) is 0.800. The first-order valence-corrected chi connectivity index (χ1v) is 5.09. The van der Waals surface area contributed by atoms with Crippen molar-refractivity contribution in [3.05, 3.63) is 0 Å². The summed E-state index contributed by atoms with van der Waals surface area (Å²) in [5.41, 5.74) is 5.23. The van der Waals surface area contributed by atoms with Crippen molar-refractivity contribution >= 4 is 11.9 Å². The Morgan fingerprint density at radius 3 is 2.19 bits per heavy atom. The second-order valence-electron chi connectivity index (χ2n) is 4.76. The molecule has 6 heteroatoms. The minimum absolute atomic E-state index is 0.0298. The van der Waals surface area contributed by atoms with Gasteiger partial charge in [0, 0.05) is 13.0 Å². The highest BCUT2D eigenvalue weighted by molar-refractivity contribution is 5.87. The number of carboxylic acid groups (broad SMARTS) is 1. The van der Waals surface area contributed by atoms with Crippen molar-refractivity contribution in [1.82, 2.24) is 5.32 Å². The SMILES string of the molecule is CC(C)(C)C(N)C(=O)NC(CCO)C(=O)O. The van der Waals surface area contributed by atoms with Crippen molar-refractivity contribution in [2.45, 2.75) is 39.3 Å². The zero-order chi connectivity index (χ0) is 12.9. The lowest BCUT2D eigenvalue weighted by Crippen LogP contribution is -2.53. The lowest BCUT2D eigenvalue weighted by molar-refractivity contribution is -0.142.